The van der Waals surface area contributed by atoms with E-state index in [-0.39, 0.29) is 0 Å². The predicted molar refractivity (Wildman–Crippen MR) is 69.0 cm³/mol. The fourth-order valence-electron chi connectivity index (χ4n) is 1.32. The molecule has 1 N–H and O–H groups in total. The highest BCUT2D eigenvalue weighted by Gasteiger charge is 2.17. The minimum atomic E-state index is -0.636. The van der Waals surface area contributed by atoms with E-state index in [2.05, 4.69) is 28.3 Å². The average molecular weight is 233 g/mol. The molecule has 0 fully saturated rings. The molecule has 0 atom stereocenters. The Morgan fingerprint density at radius 2 is 2.12 bits per heavy atom. The number of nitrogens with zero attached hydrogens (tertiary/aromatic N) is 4. The highest BCUT2D eigenvalue weighted by molar-refractivity contribution is 5.50. The first-order valence-electron chi connectivity index (χ1n) is 5.64. The van der Waals surface area contributed by atoms with Crippen molar-refractivity contribution in [1.82, 2.24) is 9.97 Å². The van der Waals surface area contributed by atoms with Crippen LogP contribution in [0.5, 0.6) is 0 Å². The molecule has 1 aromatic heterocycles. The van der Waals surface area contributed by atoms with Crippen molar-refractivity contribution in [2.45, 2.75) is 33.2 Å². The molecule has 0 aliphatic carbocycles. The van der Waals surface area contributed by atoms with Gasteiger partial charge in [0.1, 0.15) is 23.0 Å². The number of nitrogens with one attached hydrogen (secondary N) is 1. The smallest absolute Gasteiger partial charge is 0.134 e. The number of aromatic nitrogens is 2. The molecular weight excluding hydrogens is 214 g/mol. The number of hydrogen-bond acceptors (Lipinski definition) is 5. The molecule has 0 bridgehead atoms. The van der Waals surface area contributed by atoms with Crippen molar-refractivity contribution in [2.75, 3.05) is 23.8 Å². The second kappa shape index (κ2) is 5.00. The molecule has 17 heavy (non-hydrogen) atoms. The van der Waals surface area contributed by atoms with E-state index >= 15 is 0 Å². The minimum Gasteiger partial charge on any atom is -0.360 e. The van der Waals surface area contributed by atoms with Crippen molar-refractivity contribution in [1.29, 1.82) is 5.26 Å². The van der Waals surface area contributed by atoms with Crippen LogP contribution in [0.15, 0.2) is 6.07 Å². The highest BCUT2D eigenvalue weighted by atomic mass is 15.2. The first-order chi connectivity index (χ1) is 7.88. The van der Waals surface area contributed by atoms with E-state index in [9.17, 15) is 0 Å². The first kappa shape index (κ1) is 13.2. The summed E-state index contributed by atoms with van der Waals surface area (Å²) in [4.78, 5) is 10.7. The quantitative estimate of drug-likeness (QED) is 0.861. The molecule has 92 valence electrons. The van der Waals surface area contributed by atoms with Crippen molar-refractivity contribution in [3.05, 3.63) is 11.9 Å². The maximum absolute atomic E-state index is 8.98. The number of nitriles is 1. The number of anilines is 2. The largest absolute Gasteiger partial charge is 0.360 e. The van der Waals surface area contributed by atoms with Crippen LogP contribution in [0.2, 0.25) is 0 Å². The summed E-state index contributed by atoms with van der Waals surface area (Å²) in [5.41, 5.74) is -0.636. The van der Waals surface area contributed by atoms with Crippen LogP contribution in [0.4, 0.5) is 11.6 Å². The predicted octanol–water partition coefficient (Wildman–Crippen LogP) is 1.96. The normalized spacial score (nSPS) is 10.8. The van der Waals surface area contributed by atoms with Crippen LogP contribution >= 0.6 is 0 Å². The van der Waals surface area contributed by atoms with E-state index in [0.29, 0.717) is 11.6 Å². The zero-order chi connectivity index (χ0) is 13.1. The van der Waals surface area contributed by atoms with Crippen LogP contribution in [0.1, 0.15) is 26.6 Å². The molecule has 1 aromatic rings. The third-order valence-corrected chi connectivity index (χ3v) is 2.41. The van der Waals surface area contributed by atoms with E-state index in [1.807, 2.05) is 38.8 Å². The molecular formula is C12H19N5. The van der Waals surface area contributed by atoms with Gasteiger partial charge in [-0.1, -0.05) is 0 Å². The number of rotatable bonds is 4. The fourth-order valence-corrected chi connectivity index (χ4v) is 1.32. The third-order valence-electron chi connectivity index (χ3n) is 2.41. The lowest BCUT2D eigenvalue weighted by molar-refractivity contribution is 0.721. The van der Waals surface area contributed by atoms with Crippen LogP contribution in [0, 0.1) is 18.3 Å². The van der Waals surface area contributed by atoms with Gasteiger partial charge in [0, 0.05) is 19.7 Å². The minimum absolute atomic E-state index is 0.636. The Bertz CT molecular complexity index is 433. The summed E-state index contributed by atoms with van der Waals surface area (Å²) < 4.78 is 0. The van der Waals surface area contributed by atoms with Gasteiger partial charge in [-0.25, -0.2) is 9.97 Å². The standard InChI is InChI=1S/C12H19N5/c1-6-17(5)11-7-10(14-9(2)15-11)16-12(3,4)8-13/h7H,6H2,1-5H3,(H,14,15,16). The Labute approximate surface area is 102 Å². The average Bonchev–Trinajstić information content (AvgIpc) is 2.26. The lowest BCUT2D eigenvalue weighted by Crippen LogP contribution is -2.29. The summed E-state index contributed by atoms with van der Waals surface area (Å²) in [5, 5.41) is 12.1. The summed E-state index contributed by atoms with van der Waals surface area (Å²) in [6.45, 7) is 8.40. The van der Waals surface area contributed by atoms with Crippen molar-refractivity contribution < 1.29 is 0 Å². The summed E-state index contributed by atoms with van der Waals surface area (Å²) in [6, 6.07) is 4.04. The van der Waals surface area contributed by atoms with Gasteiger partial charge in [-0.2, -0.15) is 5.26 Å². The Kier molecular flexibility index (Phi) is 3.89. The number of aryl methyl sites for hydroxylation is 1. The second-order valence-electron chi connectivity index (χ2n) is 4.53. The Balaban J connectivity index is 3.02. The lowest BCUT2D eigenvalue weighted by atomic mass is 10.1. The van der Waals surface area contributed by atoms with Crippen LogP contribution in [0.3, 0.4) is 0 Å². The molecule has 5 nitrogen and oxygen atoms in total. The Morgan fingerprint density at radius 3 is 2.65 bits per heavy atom. The van der Waals surface area contributed by atoms with Gasteiger partial charge in [-0.15, -0.1) is 0 Å². The van der Waals surface area contributed by atoms with Gasteiger partial charge in [0.05, 0.1) is 6.07 Å². The zero-order valence-electron chi connectivity index (χ0n) is 11.1. The molecule has 0 radical (unpaired) electrons. The molecule has 0 saturated carbocycles. The highest BCUT2D eigenvalue weighted by Crippen LogP contribution is 2.17. The van der Waals surface area contributed by atoms with Crippen molar-refractivity contribution in [3.8, 4) is 6.07 Å². The van der Waals surface area contributed by atoms with Gasteiger partial charge >= 0.3 is 0 Å². The maximum atomic E-state index is 8.98. The van der Waals surface area contributed by atoms with Gasteiger partial charge < -0.3 is 10.2 Å². The molecule has 0 aliphatic rings. The van der Waals surface area contributed by atoms with E-state index in [1.54, 1.807) is 0 Å². The fraction of sp³-hybridized carbons (Fsp3) is 0.583. The topological polar surface area (TPSA) is 64.8 Å². The number of hydrogen-bond donors (Lipinski definition) is 1. The molecule has 1 heterocycles. The Morgan fingerprint density at radius 1 is 1.47 bits per heavy atom. The summed E-state index contributed by atoms with van der Waals surface area (Å²) in [6.07, 6.45) is 0. The summed E-state index contributed by atoms with van der Waals surface area (Å²) in [7, 11) is 1.97. The van der Waals surface area contributed by atoms with E-state index < -0.39 is 5.54 Å². The molecule has 0 saturated heterocycles. The molecule has 1 rings (SSSR count). The summed E-state index contributed by atoms with van der Waals surface area (Å²) >= 11 is 0. The molecule has 0 aromatic carbocycles. The third kappa shape index (κ3) is 3.59. The van der Waals surface area contributed by atoms with Gasteiger partial charge in [-0.3, -0.25) is 0 Å². The maximum Gasteiger partial charge on any atom is 0.134 e. The second-order valence-corrected chi connectivity index (χ2v) is 4.53. The van der Waals surface area contributed by atoms with Crippen LogP contribution in [-0.4, -0.2) is 29.1 Å². The monoisotopic (exact) mass is 233 g/mol. The first-order valence-corrected chi connectivity index (χ1v) is 5.64. The molecule has 0 amide bonds. The van der Waals surface area contributed by atoms with Crippen LogP contribution in [0.25, 0.3) is 0 Å². The molecule has 0 aliphatic heterocycles. The van der Waals surface area contributed by atoms with Gasteiger partial charge in [0.25, 0.3) is 0 Å². The van der Waals surface area contributed by atoms with Crippen LogP contribution < -0.4 is 10.2 Å². The molecule has 0 spiro atoms. The summed E-state index contributed by atoms with van der Waals surface area (Å²) in [5.74, 6) is 2.23. The van der Waals surface area contributed by atoms with Crippen LogP contribution in [-0.2, 0) is 0 Å². The zero-order valence-corrected chi connectivity index (χ0v) is 11.1. The van der Waals surface area contributed by atoms with Crippen molar-refractivity contribution in [2.24, 2.45) is 0 Å². The van der Waals surface area contributed by atoms with E-state index in [1.165, 1.54) is 0 Å². The van der Waals surface area contributed by atoms with Gasteiger partial charge in [0.2, 0.25) is 0 Å². The lowest BCUT2D eigenvalue weighted by Gasteiger charge is -2.21. The van der Waals surface area contributed by atoms with Gasteiger partial charge in [0.15, 0.2) is 0 Å². The Hall–Kier alpha value is -1.83. The van der Waals surface area contributed by atoms with Crippen molar-refractivity contribution >= 4 is 11.6 Å². The van der Waals surface area contributed by atoms with E-state index in [0.717, 1.165) is 12.4 Å². The van der Waals surface area contributed by atoms with Gasteiger partial charge in [-0.05, 0) is 27.7 Å². The molecule has 0 unspecified atom stereocenters. The van der Waals surface area contributed by atoms with E-state index in [4.69, 9.17) is 5.26 Å². The van der Waals surface area contributed by atoms with Crippen molar-refractivity contribution in [3.63, 3.8) is 0 Å². The molecule has 5 heteroatoms. The SMILES string of the molecule is CCN(C)c1cc(NC(C)(C)C#N)nc(C)n1.